The Hall–Kier alpha value is -2.41. The van der Waals surface area contributed by atoms with Crippen molar-refractivity contribution in [3.8, 4) is 11.4 Å². The molecule has 30 heavy (non-hydrogen) atoms. The van der Waals surface area contributed by atoms with E-state index in [0.717, 1.165) is 36.2 Å². The molecule has 0 spiro atoms. The third-order valence-corrected chi connectivity index (χ3v) is 5.75. The van der Waals surface area contributed by atoms with Crippen LogP contribution in [0, 0.1) is 12.8 Å². The molecule has 0 aliphatic carbocycles. The van der Waals surface area contributed by atoms with Crippen LogP contribution in [0.3, 0.4) is 0 Å². The van der Waals surface area contributed by atoms with Crippen LogP contribution >= 0.6 is 23.2 Å². The summed E-state index contributed by atoms with van der Waals surface area (Å²) < 4.78 is 5.42. The van der Waals surface area contributed by atoms with Gasteiger partial charge in [0.1, 0.15) is 0 Å². The van der Waals surface area contributed by atoms with Crippen LogP contribution in [0.4, 0.5) is 5.69 Å². The van der Waals surface area contributed by atoms with Crippen LogP contribution in [0.5, 0.6) is 0 Å². The van der Waals surface area contributed by atoms with E-state index in [2.05, 4.69) is 20.4 Å². The minimum atomic E-state index is -0.101. The lowest BCUT2D eigenvalue weighted by molar-refractivity contribution is -0.121. The van der Waals surface area contributed by atoms with Gasteiger partial charge in [-0.15, -0.1) is 0 Å². The van der Waals surface area contributed by atoms with E-state index in [-0.39, 0.29) is 11.8 Å². The molecule has 8 heteroatoms. The number of hydrogen-bond acceptors (Lipinski definition) is 5. The number of carbonyl (C=O) groups is 1. The first-order valence-electron chi connectivity index (χ1n) is 9.86. The lowest BCUT2D eigenvalue weighted by Crippen LogP contribution is -2.40. The molecule has 0 radical (unpaired) electrons. The average Bonchev–Trinajstić information content (AvgIpc) is 3.20. The van der Waals surface area contributed by atoms with Gasteiger partial charge < -0.3 is 9.84 Å². The van der Waals surface area contributed by atoms with E-state index in [1.165, 1.54) is 0 Å². The summed E-state index contributed by atoms with van der Waals surface area (Å²) >= 11 is 12.0. The second kappa shape index (κ2) is 9.16. The van der Waals surface area contributed by atoms with Crippen molar-refractivity contribution in [3.63, 3.8) is 0 Å². The largest absolute Gasteiger partial charge is 0.338 e. The summed E-state index contributed by atoms with van der Waals surface area (Å²) in [4.78, 5) is 19.5. The van der Waals surface area contributed by atoms with Crippen LogP contribution in [0.25, 0.3) is 11.4 Å². The van der Waals surface area contributed by atoms with E-state index in [9.17, 15) is 4.79 Å². The number of amides is 1. The Morgan fingerprint density at radius 1 is 1.20 bits per heavy atom. The van der Waals surface area contributed by atoms with Gasteiger partial charge >= 0.3 is 0 Å². The summed E-state index contributed by atoms with van der Waals surface area (Å²) in [5, 5.41) is 8.35. The number of carbonyl (C=O) groups excluding carboxylic acids is 1. The number of rotatable bonds is 5. The van der Waals surface area contributed by atoms with E-state index in [4.69, 9.17) is 27.7 Å². The van der Waals surface area contributed by atoms with Crippen molar-refractivity contribution in [2.45, 2.75) is 26.3 Å². The Kier molecular flexibility index (Phi) is 6.37. The van der Waals surface area contributed by atoms with Crippen LogP contribution in [0.2, 0.25) is 10.0 Å². The third-order valence-electron chi connectivity index (χ3n) is 5.26. The second-order valence-corrected chi connectivity index (χ2v) is 8.41. The molecule has 6 nitrogen and oxygen atoms in total. The van der Waals surface area contributed by atoms with Gasteiger partial charge in [-0.3, -0.25) is 9.69 Å². The second-order valence-electron chi connectivity index (χ2n) is 7.54. The summed E-state index contributed by atoms with van der Waals surface area (Å²) in [5.41, 5.74) is 2.59. The zero-order valence-corrected chi connectivity index (χ0v) is 18.1. The van der Waals surface area contributed by atoms with Gasteiger partial charge in [0.2, 0.25) is 17.6 Å². The lowest BCUT2D eigenvalue weighted by Gasteiger charge is -2.31. The Bertz CT molecular complexity index is 1040. The quantitative estimate of drug-likeness (QED) is 0.585. The van der Waals surface area contributed by atoms with E-state index < -0.39 is 0 Å². The van der Waals surface area contributed by atoms with Gasteiger partial charge in [-0.05, 0) is 68.3 Å². The molecule has 1 atom stereocenters. The summed E-state index contributed by atoms with van der Waals surface area (Å²) in [6.45, 7) is 4.00. The minimum absolute atomic E-state index is 0.0115. The van der Waals surface area contributed by atoms with Crippen molar-refractivity contribution in [1.29, 1.82) is 0 Å². The van der Waals surface area contributed by atoms with Crippen molar-refractivity contribution in [1.82, 2.24) is 15.0 Å². The highest BCUT2D eigenvalue weighted by Crippen LogP contribution is 2.24. The van der Waals surface area contributed by atoms with Crippen molar-refractivity contribution in [3.05, 3.63) is 64.0 Å². The minimum Gasteiger partial charge on any atom is -0.338 e. The number of hydrogen-bond donors (Lipinski definition) is 1. The highest BCUT2D eigenvalue weighted by atomic mass is 35.5. The van der Waals surface area contributed by atoms with Gasteiger partial charge in [0.25, 0.3) is 0 Å². The molecule has 3 aromatic rings. The first-order valence-corrected chi connectivity index (χ1v) is 10.6. The summed E-state index contributed by atoms with van der Waals surface area (Å²) in [5.74, 6) is 0.976. The Labute approximate surface area is 185 Å². The van der Waals surface area contributed by atoms with E-state index in [1.807, 2.05) is 31.2 Å². The maximum absolute atomic E-state index is 12.8. The van der Waals surface area contributed by atoms with Crippen LogP contribution in [0.1, 0.15) is 24.3 Å². The first kappa shape index (κ1) is 20.8. The van der Waals surface area contributed by atoms with Gasteiger partial charge in [0.15, 0.2) is 0 Å². The molecule has 1 aliphatic rings. The number of aryl methyl sites for hydroxylation is 1. The van der Waals surface area contributed by atoms with E-state index in [0.29, 0.717) is 34.8 Å². The molecule has 1 aromatic heterocycles. The predicted molar refractivity (Wildman–Crippen MR) is 118 cm³/mol. The SMILES string of the molecule is Cc1ccc(Cl)cc1NC(=O)C1CCCN(Cc2nc(-c3ccc(Cl)cc3)no2)C1. The Morgan fingerprint density at radius 3 is 2.77 bits per heavy atom. The van der Waals surface area contributed by atoms with Crippen LogP contribution in [0.15, 0.2) is 47.0 Å². The van der Waals surface area contributed by atoms with Crippen LogP contribution in [-0.2, 0) is 11.3 Å². The van der Waals surface area contributed by atoms with Gasteiger partial charge in [0, 0.05) is 27.8 Å². The van der Waals surface area contributed by atoms with Crippen LogP contribution < -0.4 is 5.32 Å². The predicted octanol–water partition coefficient (Wildman–Crippen LogP) is 5.20. The molecule has 1 unspecified atom stereocenters. The van der Waals surface area contributed by atoms with Gasteiger partial charge in [-0.25, -0.2) is 0 Å². The molecule has 0 bridgehead atoms. The fraction of sp³-hybridized carbons (Fsp3) is 0.318. The number of nitrogens with zero attached hydrogens (tertiary/aromatic N) is 3. The number of likely N-dealkylation sites (tertiary alicyclic amines) is 1. The van der Waals surface area contributed by atoms with Crippen molar-refractivity contribution >= 4 is 34.8 Å². The summed E-state index contributed by atoms with van der Waals surface area (Å²) in [6.07, 6.45) is 1.78. The number of anilines is 1. The standard InChI is InChI=1S/C22H22Cl2N4O2/c1-14-4-7-18(24)11-19(14)25-22(29)16-3-2-10-28(12-16)13-20-26-21(27-30-20)15-5-8-17(23)9-6-15/h4-9,11,16H,2-3,10,12-13H2,1H3,(H,25,29). The van der Waals surface area contributed by atoms with E-state index >= 15 is 0 Å². The molecule has 1 fully saturated rings. The summed E-state index contributed by atoms with van der Waals surface area (Å²) in [6, 6.07) is 12.8. The molecular weight excluding hydrogens is 423 g/mol. The average molecular weight is 445 g/mol. The fourth-order valence-electron chi connectivity index (χ4n) is 3.60. The Morgan fingerprint density at radius 2 is 1.97 bits per heavy atom. The highest BCUT2D eigenvalue weighted by molar-refractivity contribution is 6.31. The number of nitrogens with one attached hydrogen (secondary N) is 1. The maximum atomic E-state index is 12.8. The van der Waals surface area contributed by atoms with Gasteiger partial charge in [0.05, 0.1) is 12.5 Å². The first-order chi connectivity index (χ1) is 14.5. The molecule has 4 rings (SSSR count). The molecule has 2 aromatic carbocycles. The van der Waals surface area contributed by atoms with Crippen LogP contribution in [-0.4, -0.2) is 34.0 Å². The fourth-order valence-corrected chi connectivity index (χ4v) is 3.90. The lowest BCUT2D eigenvalue weighted by atomic mass is 9.97. The monoisotopic (exact) mass is 444 g/mol. The third kappa shape index (κ3) is 5.01. The van der Waals surface area contributed by atoms with Gasteiger partial charge in [-0.1, -0.05) is 34.4 Å². The molecule has 156 valence electrons. The number of piperidine rings is 1. The number of aromatic nitrogens is 2. The molecular formula is C22H22Cl2N4O2. The van der Waals surface area contributed by atoms with Gasteiger partial charge in [-0.2, -0.15) is 4.98 Å². The molecule has 0 saturated carbocycles. The Balaban J connectivity index is 1.38. The molecule has 1 saturated heterocycles. The van der Waals surface area contributed by atoms with E-state index in [1.54, 1.807) is 18.2 Å². The van der Waals surface area contributed by atoms with Crippen molar-refractivity contribution in [2.24, 2.45) is 5.92 Å². The van der Waals surface area contributed by atoms with Crippen molar-refractivity contribution < 1.29 is 9.32 Å². The number of benzene rings is 2. The normalized spacial score (nSPS) is 17.1. The highest BCUT2D eigenvalue weighted by Gasteiger charge is 2.27. The molecule has 2 heterocycles. The maximum Gasteiger partial charge on any atom is 0.241 e. The zero-order chi connectivity index (χ0) is 21.1. The zero-order valence-electron chi connectivity index (χ0n) is 16.6. The number of halogens is 2. The van der Waals surface area contributed by atoms with Crippen molar-refractivity contribution in [2.75, 3.05) is 18.4 Å². The molecule has 1 N–H and O–H groups in total. The topological polar surface area (TPSA) is 71.3 Å². The summed E-state index contributed by atoms with van der Waals surface area (Å²) in [7, 11) is 0. The molecule has 1 amide bonds. The molecule has 1 aliphatic heterocycles. The smallest absolute Gasteiger partial charge is 0.241 e.